The highest BCUT2D eigenvalue weighted by Crippen LogP contribution is 2.31. The minimum Gasteiger partial charge on any atom is -0.494 e. The van der Waals surface area contributed by atoms with Gasteiger partial charge in [0.15, 0.2) is 0 Å². The lowest BCUT2D eigenvalue weighted by Crippen LogP contribution is -2.16. The Kier molecular flexibility index (Phi) is 6.27. The normalized spacial score (nSPS) is 11.2. The SMILES string of the molecule is CC(C)(C)c1ccccc1OC(=O)CCCOc1ccc(Cl)cc1. The van der Waals surface area contributed by atoms with E-state index in [2.05, 4.69) is 20.8 Å². The van der Waals surface area contributed by atoms with Gasteiger partial charge in [0.25, 0.3) is 0 Å². The average molecular weight is 347 g/mol. The summed E-state index contributed by atoms with van der Waals surface area (Å²) in [6.45, 7) is 6.75. The standard InChI is InChI=1S/C20H23ClO3/c1-20(2,3)17-7-4-5-8-18(17)24-19(22)9-6-14-23-16-12-10-15(21)11-13-16/h4-5,7-8,10-13H,6,9,14H2,1-3H3. The molecule has 0 heterocycles. The molecule has 0 amide bonds. The van der Waals surface area contributed by atoms with E-state index in [9.17, 15) is 4.79 Å². The van der Waals surface area contributed by atoms with Gasteiger partial charge in [-0.15, -0.1) is 0 Å². The second kappa shape index (κ2) is 8.20. The Morgan fingerprint density at radius 1 is 1.04 bits per heavy atom. The fraction of sp³-hybridized carbons (Fsp3) is 0.350. The summed E-state index contributed by atoms with van der Waals surface area (Å²) < 4.78 is 11.1. The van der Waals surface area contributed by atoms with Crippen molar-refractivity contribution in [3.63, 3.8) is 0 Å². The molecule has 4 heteroatoms. The molecule has 0 atom stereocenters. The predicted octanol–water partition coefficient (Wildman–Crippen LogP) is 5.40. The van der Waals surface area contributed by atoms with Crippen LogP contribution in [0.4, 0.5) is 0 Å². The molecule has 0 unspecified atom stereocenters. The van der Waals surface area contributed by atoms with E-state index in [-0.39, 0.29) is 11.4 Å². The molecule has 24 heavy (non-hydrogen) atoms. The fourth-order valence-electron chi connectivity index (χ4n) is 2.29. The zero-order valence-corrected chi connectivity index (χ0v) is 15.1. The Balaban J connectivity index is 1.81. The van der Waals surface area contributed by atoms with Crippen LogP contribution in [0.2, 0.25) is 5.02 Å². The number of hydrogen-bond donors (Lipinski definition) is 0. The summed E-state index contributed by atoms with van der Waals surface area (Å²) in [5.74, 6) is 1.13. The molecule has 0 N–H and O–H groups in total. The van der Waals surface area contributed by atoms with Crippen molar-refractivity contribution in [1.82, 2.24) is 0 Å². The van der Waals surface area contributed by atoms with E-state index < -0.39 is 0 Å². The van der Waals surface area contributed by atoms with Gasteiger partial charge in [0.05, 0.1) is 6.61 Å². The van der Waals surface area contributed by atoms with Crippen LogP contribution in [0.3, 0.4) is 0 Å². The summed E-state index contributed by atoms with van der Waals surface area (Å²) in [6.07, 6.45) is 0.908. The van der Waals surface area contributed by atoms with E-state index in [0.29, 0.717) is 30.2 Å². The van der Waals surface area contributed by atoms with Crippen molar-refractivity contribution in [2.75, 3.05) is 6.61 Å². The van der Waals surface area contributed by atoms with Gasteiger partial charge >= 0.3 is 5.97 Å². The van der Waals surface area contributed by atoms with E-state index in [4.69, 9.17) is 21.1 Å². The van der Waals surface area contributed by atoms with E-state index >= 15 is 0 Å². The van der Waals surface area contributed by atoms with Crippen molar-refractivity contribution in [1.29, 1.82) is 0 Å². The van der Waals surface area contributed by atoms with Crippen molar-refractivity contribution < 1.29 is 14.3 Å². The highest BCUT2D eigenvalue weighted by molar-refractivity contribution is 6.30. The second-order valence-corrected chi connectivity index (χ2v) is 7.06. The lowest BCUT2D eigenvalue weighted by Gasteiger charge is -2.22. The lowest BCUT2D eigenvalue weighted by molar-refractivity contribution is -0.134. The molecule has 3 nitrogen and oxygen atoms in total. The number of carbonyl (C=O) groups is 1. The van der Waals surface area contributed by atoms with Crippen LogP contribution in [0.25, 0.3) is 0 Å². The monoisotopic (exact) mass is 346 g/mol. The molecule has 0 aliphatic carbocycles. The van der Waals surface area contributed by atoms with Crippen molar-refractivity contribution >= 4 is 17.6 Å². The Hall–Kier alpha value is -2.00. The molecule has 2 aromatic rings. The van der Waals surface area contributed by atoms with Crippen LogP contribution in [-0.2, 0) is 10.2 Å². The number of para-hydroxylation sites is 1. The molecule has 0 radical (unpaired) electrons. The summed E-state index contributed by atoms with van der Waals surface area (Å²) in [7, 11) is 0. The first-order chi connectivity index (χ1) is 11.4. The molecule has 2 rings (SSSR count). The number of hydrogen-bond acceptors (Lipinski definition) is 3. The molecule has 0 aromatic heterocycles. The lowest BCUT2D eigenvalue weighted by atomic mass is 9.86. The van der Waals surface area contributed by atoms with Gasteiger partial charge in [-0.2, -0.15) is 0 Å². The Labute approximate surface area is 148 Å². The van der Waals surface area contributed by atoms with Gasteiger partial charge in [-0.05, 0) is 42.2 Å². The molecule has 0 bridgehead atoms. The highest BCUT2D eigenvalue weighted by Gasteiger charge is 2.19. The van der Waals surface area contributed by atoms with Crippen molar-refractivity contribution in [3.05, 3.63) is 59.1 Å². The number of benzene rings is 2. The van der Waals surface area contributed by atoms with Crippen LogP contribution < -0.4 is 9.47 Å². The maximum absolute atomic E-state index is 12.1. The Morgan fingerprint density at radius 3 is 2.38 bits per heavy atom. The second-order valence-electron chi connectivity index (χ2n) is 6.63. The summed E-state index contributed by atoms with van der Waals surface area (Å²) >= 11 is 5.82. The van der Waals surface area contributed by atoms with Crippen molar-refractivity contribution in [2.24, 2.45) is 0 Å². The predicted molar refractivity (Wildman–Crippen MR) is 97.0 cm³/mol. The maximum Gasteiger partial charge on any atom is 0.311 e. The molecule has 0 saturated heterocycles. The van der Waals surface area contributed by atoms with Gasteiger partial charge in [-0.25, -0.2) is 0 Å². The number of esters is 1. The van der Waals surface area contributed by atoms with Gasteiger partial charge in [0.1, 0.15) is 11.5 Å². The van der Waals surface area contributed by atoms with Gasteiger partial charge in [0.2, 0.25) is 0 Å². The van der Waals surface area contributed by atoms with Crippen molar-refractivity contribution in [2.45, 2.75) is 39.0 Å². The largest absolute Gasteiger partial charge is 0.494 e. The van der Waals surface area contributed by atoms with Crippen LogP contribution in [-0.4, -0.2) is 12.6 Å². The molecule has 0 saturated carbocycles. The number of ether oxygens (including phenoxy) is 2. The average Bonchev–Trinajstić information content (AvgIpc) is 2.53. The molecule has 2 aromatic carbocycles. The van der Waals surface area contributed by atoms with Gasteiger partial charge in [0, 0.05) is 17.0 Å². The molecule has 0 spiro atoms. The first kappa shape index (κ1) is 18.3. The smallest absolute Gasteiger partial charge is 0.311 e. The Morgan fingerprint density at radius 2 is 1.71 bits per heavy atom. The first-order valence-corrected chi connectivity index (χ1v) is 8.42. The van der Waals surface area contributed by atoms with Crippen molar-refractivity contribution in [3.8, 4) is 11.5 Å². The molecule has 0 fully saturated rings. The quantitative estimate of drug-likeness (QED) is 0.399. The maximum atomic E-state index is 12.1. The van der Waals surface area contributed by atoms with Gasteiger partial charge in [-0.1, -0.05) is 50.6 Å². The minimum atomic E-state index is -0.244. The number of rotatable bonds is 6. The van der Waals surface area contributed by atoms with Gasteiger partial charge in [-0.3, -0.25) is 4.79 Å². The minimum absolute atomic E-state index is 0.0748. The number of halogens is 1. The zero-order valence-electron chi connectivity index (χ0n) is 14.3. The van der Waals surface area contributed by atoms with E-state index in [1.807, 2.05) is 24.3 Å². The molecule has 0 aliphatic rings. The fourth-order valence-corrected chi connectivity index (χ4v) is 2.41. The number of carbonyl (C=O) groups excluding carboxylic acids is 1. The highest BCUT2D eigenvalue weighted by atomic mass is 35.5. The third-order valence-electron chi connectivity index (χ3n) is 3.53. The molecule has 0 aliphatic heterocycles. The molecular weight excluding hydrogens is 324 g/mol. The molecule has 128 valence electrons. The van der Waals surface area contributed by atoms with Crippen LogP contribution in [0.15, 0.2) is 48.5 Å². The summed E-state index contributed by atoms with van der Waals surface area (Å²) in [5.41, 5.74) is 0.949. The van der Waals surface area contributed by atoms with E-state index in [1.165, 1.54) is 0 Å². The third kappa shape index (κ3) is 5.57. The van der Waals surface area contributed by atoms with Gasteiger partial charge < -0.3 is 9.47 Å². The Bertz CT molecular complexity index is 672. The summed E-state index contributed by atoms with van der Waals surface area (Å²) in [6, 6.07) is 14.8. The van der Waals surface area contributed by atoms with Crippen LogP contribution in [0.1, 0.15) is 39.2 Å². The zero-order chi connectivity index (χ0) is 17.6. The van der Waals surface area contributed by atoms with E-state index in [0.717, 1.165) is 11.3 Å². The summed E-state index contributed by atoms with van der Waals surface area (Å²) in [4.78, 5) is 12.1. The van der Waals surface area contributed by atoms with E-state index in [1.54, 1.807) is 24.3 Å². The third-order valence-corrected chi connectivity index (χ3v) is 3.78. The summed E-state index contributed by atoms with van der Waals surface area (Å²) in [5, 5.41) is 0.670. The molecular formula is C20H23ClO3. The van der Waals surface area contributed by atoms with Crippen LogP contribution >= 0.6 is 11.6 Å². The van der Waals surface area contributed by atoms with Crippen LogP contribution in [0, 0.1) is 0 Å². The topological polar surface area (TPSA) is 35.5 Å². The van der Waals surface area contributed by atoms with Crippen LogP contribution in [0.5, 0.6) is 11.5 Å². The first-order valence-electron chi connectivity index (χ1n) is 8.05.